The molecule has 0 amide bonds. The van der Waals surface area contributed by atoms with Crippen molar-refractivity contribution >= 4 is 5.69 Å². The average Bonchev–Trinajstić information content (AvgIpc) is 2.65. The molecule has 1 saturated heterocycles. The quantitative estimate of drug-likeness (QED) is 0.879. The number of hydrogen-bond donors (Lipinski definition) is 1. The number of aliphatic hydroxyl groups excluding tert-OH is 1. The zero-order chi connectivity index (χ0) is 12.8. The second kappa shape index (κ2) is 6.79. The molecule has 0 aromatic heterocycles. The fraction of sp³-hybridized carbons (Fsp3) is 0.625. The summed E-state index contributed by atoms with van der Waals surface area (Å²) in [4.78, 5) is 2.50. The van der Waals surface area contributed by atoms with Gasteiger partial charge in [-0.15, -0.1) is 0 Å². The Morgan fingerprint density at radius 2 is 1.94 bits per heavy atom. The summed E-state index contributed by atoms with van der Waals surface area (Å²) in [5, 5.41) is 9.06. The van der Waals surface area contributed by atoms with Crippen LogP contribution in [0.25, 0.3) is 0 Å². The summed E-state index contributed by atoms with van der Waals surface area (Å²) in [7, 11) is 0. The van der Waals surface area contributed by atoms with Gasteiger partial charge in [-0.05, 0) is 42.9 Å². The van der Waals surface area contributed by atoms with Gasteiger partial charge in [-0.25, -0.2) is 0 Å². The molecule has 0 radical (unpaired) electrons. The Morgan fingerprint density at radius 1 is 1.17 bits per heavy atom. The molecule has 18 heavy (non-hydrogen) atoms. The van der Waals surface area contributed by atoms with E-state index in [1.807, 2.05) is 12.1 Å². The largest absolute Gasteiger partial charge is 0.392 e. The smallest absolute Gasteiger partial charge is 0.0681 e. The molecule has 2 heteroatoms. The maximum Gasteiger partial charge on any atom is 0.0681 e. The molecule has 0 saturated carbocycles. The summed E-state index contributed by atoms with van der Waals surface area (Å²) >= 11 is 0. The highest BCUT2D eigenvalue weighted by atomic mass is 16.3. The third-order valence-corrected chi connectivity index (χ3v) is 4.03. The van der Waals surface area contributed by atoms with Crippen molar-refractivity contribution in [1.29, 1.82) is 0 Å². The lowest BCUT2D eigenvalue weighted by molar-refractivity contribution is 0.282. The Kier molecular flexibility index (Phi) is 5.06. The minimum absolute atomic E-state index is 0.138. The highest BCUT2D eigenvalue weighted by Crippen LogP contribution is 2.25. The fourth-order valence-electron chi connectivity index (χ4n) is 2.93. The lowest BCUT2D eigenvalue weighted by Gasteiger charge is -2.23. The third-order valence-electron chi connectivity index (χ3n) is 4.03. The van der Waals surface area contributed by atoms with Crippen LogP contribution in [0, 0.1) is 5.92 Å². The molecular formula is C16H25NO. The van der Waals surface area contributed by atoms with E-state index in [1.165, 1.54) is 50.9 Å². The van der Waals surface area contributed by atoms with Gasteiger partial charge in [-0.1, -0.05) is 31.9 Å². The molecule has 1 N–H and O–H groups in total. The van der Waals surface area contributed by atoms with Crippen LogP contribution < -0.4 is 4.90 Å². The minimum Gasteiger partial charge on any atom is -0.392 e. The molecule has 1 aromatic rings. The van der Waals surface area contributed by atoms with Crippen molar-refractivity contribution in [2.75, 3.05) is 18.0 Å². The van der Waals surface area contributed by atoms with Crippen LogP contribution >= 0.6 is 0 Å². The maximum absolute atomic E-state index is 9.06. The zero-order valence-corrected chi connectivity index (χ0v) is 11.4. The topological polar surface area (TPSA) is 23.5 Å². The van der Waals surface area contributed by atoms with E-state index in [1.54, 1.807) is 0 Å². The molecule has 1 aliphatic heterocycles. The van der Waals surface area contributed by atoms with Crippen molar-refractivity contribution in [3.8, 4) is 0 Å². The third kappa shape index (κ3) is 3.49. The van der Waals surface area contributed by atoms with Crippen molar-refractivity contribution in [3.63, 3.8) is 0 Å². The molecule has 1 aliphatic rings. The van der Waals surface area contributed by atoms with Crippen molar-refractivity contribution in [2.24, 2.45) is 5.92 Å². The van der Waals surface area contributed by atoms with Gasteiger partial charge in [-0.2, -0.15) is 0 Å². The monoisotopic (exact) mass is 247 g/mol. The number of nitrogens with zero attached hydrogens (tertiary/aromatic N) is 1. The van der Waals surface area contributed by atoms with Crippen LogP contribution in [0.15, 0.2) is 24.3 Å². The molecule has 0 bridgehead atoms. The van der Waals surface area contributed by atoms with E-state index in [9.17, 15) is 0 Å². The van der Waals surface area contributed by atoms with Crippen LogP contribution in [-0.2, 0) is 6.61 Å². The first-order valence-electron chi connectivity index (χ1n) is 7.28. The van der Waals surface area contributed by atoms with Crippen LogP contribution in [0.4, 0.5) is 5.69 Å². The summed E-state index contributed by atoms with van der Waals surface area (Å²) in [6.07, 6.45) is 6.73. The van der Waals surface area contributed by atoms with Gasteiger partial charge in [0, 0.05) is 18.8 Å². The van der Waals surface area contributed by atoms with Crippen LogP contribution in [-0.4, -0.2) is 18.2 Å². The van der Waals surface area contributed by atoms with Crippen molar-refractivity contribution in [1.82, 2.24) is 0 Å². The molecule has 0 aliphatic carbocycles. The summed E-state index contributed by atoms with van der Waals surface area (Å²) in [5.41, 5.74) is 2.31. The molecule has 1 atom stereocenters. The van der Waals surface area contributed by atoms with E-state index in [0.29, 0.717) is 0 Å². The predicted molar refractivity (Wildman–Crippen MR) is 76.8 cm³/mol. The van der Waals surface area contributed by atoms with E-state index in [0.717, 1.165) is 11.5 Å². The normalized spacial score (nSPS) is 20.8. The molecule has 2 rings (SSSR count). The number of anilines is 1. The standard InChI is InChI=1S/C16H25NO/c1-2-4-14-5-3-11-17(12-10-14)16-8-6-15(13-18)7-9-16/h6-9,14,18H,2-5,10-13H2,1H3. The van der Waals surface area contributed by atoms with E-state index in [-0.39, 0.29) is 6.61 Å². The Hall–Kier alpha value is -1.02. The lowest BCUT2D eigenvalue weighted by atomic mass is 9.96. The van der Waals surface area contributed by atoms with Gasteiger partial charge in [-0.3, -0.25) is 0 Å². The van der Waals surface area contributed by atoms with Crippen LogP contribution in [0.5, 0.6) is 0 Å². The predicted octanol–water partition coefficient (Wildman–Crippen LogP) is 3.59. The highest BCUT2D eigenvalue weighted by molar-refractivity contribution is 5.47. The highest BCUT2D eigenvalue weighted by Gasteiger charge is 2.16. The second-order valence-electron chi connectivity index (χ2n) is 5.40. The number of aliphatic hydroxyl groups is 1. The van der Waals surface area contributed by atoms with Gasteiger partial charge in [0.15, 0.2) is 0 Å². The minimum atomic E-state index is 0.138. The molecule has 2 nitrogen and oxygen atoms in total. The molecule has 1 heterocycles. The fourth-order valence-corrected chi connectivity index (χ4v) is 2.93. The Bertz CT molecular complexity index is 347. The van der Waals surface area contributed by atoms with Gasteiger partial charge in [0.2, 0.25) is 0 Å². The SMILES string of the molecule is CCCC1CCCN(c2ccc(CO)cc2)CC1. The van der Waals surface area contributed by atoms with Crippen LogP contribution in [0.1, 0.15) is 44.6 Å². The Morgan fingerprint density at radius 3 is 2.61 bits per heavy atom. The van der Waals surface area contributed by atoms with E-state index < -0.39 is 0 Å². The average molecular weight is 247 g/mol. The summed E-state index contributed by atoms with van der Waals surface area (Å²) in [5.74, 6) is 0.928. The van der Waals surface area contributed by atoms with Crippen LogP contribution in [0.2, 0.25) is 0 Å². The van der Waals surface area contributed by atoms with Crippen molar-refractivity contribution < 1.29 is 5.11 Å². The zero-order valence-electron chi connectivity index (χ0n) is 11.4. The number of rotatable bonds is 4. The van der Waals surface area contributed by atoms with Gasteiger partial charge in [0.05, 0.1) is 6.61 Å². The van der Waals surface area contributed by atoms with Gasteiger partial charge < -0.3 is 10.0 Å². The van der Waals surface area contributed by atoms with Crippen LogP contribution in [0.3, 0.4) is 0 Å². The second-order valence-corrected chi connectivity index (χ2v) is 5.40. The summed E-state index contributed by atoms with van der Waals surface area (Å²) in [6.45, 7) is 4.79. The van der Waals surface area contributed by atoms with Crippen molar-refractivity contribution in [3.05, 3.63) is 29.8 Å². The van der Waals surface area contributed by atoms with Gasteiger partial charge in [0.1, 0.15) is 0 Å². The van der Waals surface area contributed by atoms with Gasteiger partial charge >= 0.3 is 0 Å². The molecular weight excluding hydrogens is 222 g/mol. The van der Waals surface area contributed by atoms with Crippen molar-refractivity contribution in [2.45, 2.75) is 45.6 Å². The summed E-state index contributed by atoms with van der Waals surface area (Å²) < 4.78 is 0. The molecule has 1 fully saturated rings. The Labute approximate surface area is 111 Å². The number of benzene rings is 1. The molecule has 0 spiro atoms. The summed E-state index contributed by atoms with van der Waals surface area (Å²) in [6, 6.07) is 8.35. The lowest BCUT2D eigenvalue weighted by Crippen LogP contribution is -2.24. The van der Waals surface area contributed by atoms with Gasteiger partial charge in [0.25, 0.3) is 0 Å². The first kappa shape index (κ1) is 13.4. The maximum atomic E-state index is 9.06. The number of hydrogen-bond acceptors (Lipinski definition) is 2. The molecule has 100 valence electrons. The Balaban J connectivity index is 1.96. The van der Waals surface area contributed by atoms with E-state index in [2.05, 4.69) is 24.0 Å². The molecule has 1 unspecified atom stereocenters. The van der Waals surface area contributed by atoms with E-state index in [4.69, 9.17) is 5.11 Å². The molecule has 1 aromatic carbocycles. The van der Waals surface area contributed by atoms with E-state index >= 15 is 0 Å². The first-order valence-corrected chi connectivity index (χ1v) is 7.28. The first-order chi connectivity index (χ1) is 8.83.